The number of halogens is 1. The summed E-state index contributed by atoms with van der Waals surface area (Å²) >= 11 is 0. The highest BCUT2D eigenvalue weighted by molar-refractivity contribution is 6.24. The van der Waals surface area contributed by atoms with Crippen molar-refractivity contribution in [2.75, 3.05) is 39.5 Å². The summed E-state index contributed by atoms with van der Waals surface area (Å²) in [5.74, 6) is -8.15. The molecule has 6 atom stereocenters. The summed E-state index contributed by atoms with van der Waals surface area (Å²) in [5.41, 5.74) is 1.42. The maximum absolute atomic E-state index is 16.5. The van der Waals surface area contributed by atoms with Crippen LogP contribution in [0.5, 0.6) is 5.75 Å². The van der Waals surface area contributed by atoms with Gasteiger partial charge in [0.1, 0.15) is 28.7 Å². The zero-order valence-corrected chi connectivity index (χ0v) is 22.7. The lowest BCUT2D eigenvalue weighted by atomic mass is 9.57. The third-order valence-corrected chi connectivity index (χ3v) is 9.94. The summed E-state index contributed by atoms with van der Waals surface area (Å²) in [6, 6.07) is -1.51. The smallest absolute Gasteiger partial charge is 0.255 e. The molecule has 1 saturated carbocycles. The van der Waals surface area contributed by atoms with E-state index in [2.05, 4.69) is 12.2 Å². The van der Waals surface area contributed by atoms with Gasteiger partial charge in [0, 0.05) is 40.6 Å². The van der Waals surface area contributed by atoms with Crippen LogP contribution in [0.2, 0.25) is 0 Å². The van der Waals surface area contributed by atoms with E-state index < -0.39 is 69.6 Å². The van der Waals surface area contributed by atoms with Gasteiger partial charge in [0.05, 0.1) is 17.3 Å². The van der Waals surface area contributed by atoms with Gasteiger partial charge in [-0.05, 0) is 52.9 Å². The topological polar surface area (TPSA) is 177 Å². The van der Waals surface area contributed by atoms with Crippen LogP contribution in [0.15, 0.2) is 16.9 Å². The zero-order valence-electron chi connectivity index (χ0n) is 22.7. The number of nitrogens with zero attached hydrogens (tertiary/aromatic N) is 2. The number of fused-ring (bicyclic) bond motifs is 6. The van der Waals surface area contributed by atoms with Gasteiger partial charge in [-0.15, -0.1) is 0 Å². The van der Waals surface area contributed by atoms with Crippen molar-refractivity contribution in [2.45, 2.75) is 43.9 Å². The average Bonchev–Trinajstić information content (AvgIpc) is 3.18. The largest absolute Gasteiger partial charge is 0.508 e. The highest BCUT2D eigenvalue weighted by atomic mass is 19.1. The molecule has 0 radical (unpaired) electrons. The molecule has 214 valence electrons. The Morgan fingerprint density at radius 1 is 1.23 bits per heavy atom. The van der Waals surface area contributed by atoms with Gasteiger partial charge in [0.2, 0.25) is 5.78 Å². The van der Waals surface area contributed by atoms with Gasteiger partial charge >= 0.3 is 0 Å². The van der Waals surface area contributed by atoms with Crippen LogP contribution in [0.3, 0.4) is 0 Å². The van der Waals surface area contributed by atoms with Gasteiger partial charge in [0.15, 0.2) is 11.4 Å². The highest BCUT2D eigenvalue weighted by Crippen LogP contribution is 2.58. The normalized spacial score (nSPS) is 35.2. The number of carbonyl (C=O) groups is 3. The van der Waals surface area contributed by atoms with Crippen molar-refractivity contribution in [1.29, 1.82) is 0 Å². The number of hydrogen-bond acceptors (Lipinski definition) is 10. The van der Waals surface area contributed by atoms with Gasteiger partial charge in [-0.2, -0.15) is 0 Å². The van der Waals surface area contributed by atoms with Crippen molar-refractivity contribution in [3.63, 3.8) is 0 Å². The molecule has 5 aliphatic rings. The number of nitrogens with one attached hydrogen (secondary N) is 1. The maximum Gasteiger partial charge on any atom is 0.255 e. The summed E-state index contributed by atoms with van der Waals surface area (Å²) < 4.78 is 16.5. The molecular weight excluding hydrogens is 523 g/mol. The molecule has 2 aliphatic heterocycles. The minimum atomic E-state index is -2.74. The second-order valence-corrected chi connectivity index (χ2v) is 12.4. The van der Waals surface area contributed by atoms with E-state index >= 15 is 4.39 Å². The lowest BCUT2D eigenvalue weighted by Gasteiger charge is -2.50. The SMILES string of the molecule is CN(C)[C@@H]1C(=O)C(C(N)=O)=C(O)[C@@]2(O)C(=O)C3=C(O)c4c(O)c5c(c(F)c4C[C@H]3C[C@@H]12)[C@H]1N(C)CC[C@@]1(C)CN5. The van der Waals surface area contributed by atoms with E-state index in [0.717, 1.165) is 13.0 Å². The van der Waals surface area contributed by atoms with Crippen LogP contribution in [0.1, 0.15) is 42.5 Å². The first kappa shape index (κ1) is 26.7. The summed E-state index contributed by atoms with van der Waals surface area (Å²) in [6.07, 6.45) is 0.644. The summed E-state index contributed by atoms with van der Waals surface area (Å²) in [7, 11) is 4.96. The summed E-state index contributed by atoms with van der Waals surface area (Å²) in [6.45, 7) is 3.27. The number of aromatic hydroxyl groups is 1. The standard InChI is InChI=1S/C28H33FN4O7/c1-27-5-6-33(4)23(27)15-17(29)11-7-10-8-12-19(32(2)3)22(36)16(26(30)39)25(38)28(12,40)24(37)13(10)20(34)14(11)21(35)18(15)31-9-27/h10,12,19,23,31,34-35,38,40H,5-9H2,1-4H3,(H2,30,39)/t10-,12-,19-,23+,27-,28-/m0/s1. The molecule has 1 aromatic carbocycles. The number of phenolic OH excluding ortho intramolecular Hbond substituents is 1. The fourth-order valence-electron chi connectivity index (χ4n) is 8.07. The van der Waals surface area contributed by atoms with E-state index in [1.165, 1.54) is 19.0 Å². The number of ketones is 2. The van der Waals surface area contributed by atoms with Gasteiger partial charge in [0.25, 0.3) is 5.91 Å². The molecule has 0 aromatic heterocycles. The Morgan fingerprint density at radius 2 is 1.90 bits per heavy atom. The average molecular weight is 557 g/mol. The number of Topliss-reactive ketones (excluding diaryl/α,β-unsaturated/α-hetero) is 2. The van der Waals surface area contributed by atoms with Gasteiger partial charge in [-0.25, -0.2) is 4.39 Å². The number of hydrogen-bond donors (Lipinski definition) is 6. The molecule has 1 amide bonds. The van der Waals surface area contributed by atoms with Gasteiger partial charge < -0.3 is 31.5 Å². The van der Waals surface area contributed by atoms with Crippen LogP contribution in [-0.4, -0.2) is 93.6 Å². The van der Waals surface area contributed by atoms with Crippen LogP contribution < -0.4 is 11.1 Å². The van der Waals surface area contributed by atoms with Gasteiger partial charge in [-0.1, -0.05) is 6.92 Å². The predicted octanol–water partition coefficient (Wildman–Crippen LogP) is 0.912. The van der Waals surface area contributed by atoms with Crippen LogP contribution in [-0.2, 0) is 20.8 Å². The molecule has 12 heteroatoms. The molecule has 2 heterocycles. The molecule has 1 aromatic rings. The first-order valence-electron chi connectivity index (χ1n) is 13.3. The number of benzene rings is 1. The zero-order chi connectivity index (χ0) is 29.2. The summed E-state index contributed by atoms with van der Waals surface area (Å²) in [4.78, 5) is 42.8. The molecule has 0 unspecified atom stereocenters. The number of aliphatic hydroxyl groups is 3. The Balaban J connectivity index is 1.57. The molecule has 6 rings (SSSR count). The third kappa shape index (κ3) is 3.06. The number of likely N-dealkylation sites (N-methyl/N-ethyl adjacent to an activating group) is 1. The maximum atomic E-state index is 16.5. The van der Waals surface area contributed by atoms with E-state index in [1.54, 1.807) is 0 Å². The first-order valence-corrected chi connectivity index (χ1v) is 13.3. The minimum Gasteiger partial charge on any atom is -0.508 e. The van der Waals surface area contributed by atoms with Gasteiger partial charge in [-0.3, -0.25) is 24.2 Å². The monoisotopic (exact) mass is 556 g/mol. The number of likely N-dealkylation sites (tertiary alicyclic amines) is 1. The van der Waals surface area contributed by atoms with Crippen molar-refractivity contribution in [3.05, 3.63) is 39.4 Å². The van der Waals surface area contributed by atoms with Crippen molar-refractivity contribution in [2.24, 2.45) is 23.0 Å². The van der Waals surface area contributed by atoms with Crippen LogP contribution in [0.25, 0.3) is 5.76 Å². The van der Waals surface area contributed by atoms with Crippen LogP contribution >= 0.6 is 0 Å². The number of primary amides is 1. The quantitative estimate of drug-likeness (QED) is 0.227. The lowest BCUT2D eigenvalue weighted by Crippen LogP contribution is -2.65. The van der Waals surface area contributed by atoms with E-state index in [9.17, 15) is 34.8 Å². The summed E-state index contributed by atoms with van der Waals surface area (Å²) in [5, 5.41) is 48.6. The molecule has 11 nitrogen and oxygen atoms in total. The second kappa shape index (κ2) is 8.27. The van der Waals surface area contributed by atoms with E-state index in [-0.39, 0.29) is 46.7 Å². The number of rotatable bonds is 2. The number of aliphatic hydroxyl groups excluding tert-OH is 2. The van der Waals surface area contributed by atoms with Crippen molar-refractivity contribution >= 4 is 28.9 Å². The van der Waals surface area contributed by atoms with Crippen molar-refractivity contribution < 1.29 is 39.2 Å². The fraction of sp³-hybridized carbons (Fsp3) is 0.536. The molecular formula is C28H33FN4O7. The predicted molar refractivity (Wildman–Crippen MR) is 141 cm³/mol. The number of nitrogens with two attached hydrogens (primary N) is 1. The van der Waals surface area contributed by atoms with Crippen molar-refractivity contribution in [3.8, 4) is 5.75 Å². The van der Waals surface area contributed by atoms with Crippen LogP contribution in [0.4, 0.5) is 10.1 Å². The number of carbonyl (C=O) groups excluding carboxylic acids is 3. The molecule has 0 bridgehead atoms. The molecule has 7 N–H and O–H groups in total. The number of amides is 1. The van der Waals surface area contributed by atoms with E-state index in [0.29, 0.717) is 12.1 Å². The molecule has 0 spiro atoms. The Bertz CT molecular complexity index is 1490. The van der Waals surface area contributed by atoms with E-state index in [4.69, 9.17) is 5.73 Å². The van der Waals surface area contributed by atoms with E-state index in [1.807, 2.05) is 11.9 Å². The Hall–Kier alpha value is -3.48. The highest BCUT2D eigenvalue weighted by Gasteiger charge is 2.64. The second-order valence-electron chi connectivity index (χ2n) is 12.4. The Kier molecular flexibility index (Phi) is 5.53. The third-order valence-electron chi connectivity index (χ3n) is 9.94. The number of phenols is 1. The Labute approximate surface area is 229 Å². The fourth-order valence-corrected chi connectivity index (χ4v) is 8.07. The minimum absolute atomic E-state index is 0.0493. The van der Waals surface area contributed by atoms with Crippen LogP contribution in [0, 0.1) is 23.1 Å². The Morgan fingerprint density at radius 3 is 2.52 bits per heavy atom. The number of anilines is 1. The van der Waals surface area contributed by atoms with Crippen molar-refractivity contribution in [1.82, 2.24) is 9.80 Å². The molecule has 3 aliphatic carbocycles. The molecule has 1 saturated heterocycles. The molecule has 2 fully saturated rings. The lowest BCUT2D eigenvalue weighted by molar-refractivity contribution is -0.153. The first-order chi connectivity index (χ1) is 18.7. The molecule has 40 heavy (non-hydrogen) atoms.